The van der Waals surface area contributed by atoms with Crippen LogP contribution in [0.25, 0.3) is 6.08 Å². The van der Waals surface area contributed by atoms with Gasteiger partial charge in [-0.3, -0.25) is 0 Å². The Bertz CT molecular complexity index is 216. The Morgan fingerprint density at radius 1 is 1.44 bits per heavy atom. The molecule has 0 unspecified atom stereocenters. The molecule has 1 aromatic rings. The van der Waals surface area contributed by atoms with Crippen LogP contribution < -0.4 is 3.22 Å². The van der Waals surface area contributed by atoms with Gasteiger partial charge in [-0.15, -0.1) is 0 Å². The van der Waals surface area contributed by atoms with Crippen molar-refractivity contribution in [3.05, 3.63) is 36.4 Å². The van der Waals surface area contributed by atoms with Crippen LogP contribution in [0.5, 0.6) is 0 Å². The summed E-state index contributed by atoms with van der Waals surface area (Å²) in [4.78, 5) is 0. The summed E-state index contributed by atoms with van der Waals surface area (Å²) in [5, 5.41) is 0. The van der Waals surface area contributed by atoms with Gasteiger partial charge in [0.05, 0.1) is 0 Å². The van der Waals surface area contributed by atoms with Crippen LogP contribution in [0.2, 0.25) is 0 Å². The van der Waals surface area contributed by atoms with E-state index in [4.69, 9.17) is 0 Å². The van der Waals surface area contributed by atoms with Crippen LogP contribution in [0.15, 0.2) is 30.8 Å². The molecule has 1 radical (unpaired) electrons. The van der Waals surface area contributed by atoms with E-state index < -0.39 is 0 Å². The summed E-state index contributed by atoms with van der Waals surface area (Å²) < 4.78 is 1.37. The van der Waals surface area contributed by atoms with Gasteiger partial charge in [0.15, 0.2) is 0 Å². The van der Waals surface area contributed by atoms with E-state index in [2.05, 4.69) is 30.8 Å². The van der Waals surface area contributed by atoms with E-state index in [0.29, 0.717) is 0 Å². The molecule has 0 spiro atoms. The van der Waals surface area contributed by atoms with Gasteiger partial charge in [-0.2, -0.15) is 0 Å². The molecular weight excluding hydrogens is 305 g/mol. The molecule has 0 saturated heterocycles. The second-order valence-electron chi connectivity index (χ2n) is 1.78. The van der Waals surface area contributed by atoms with Crippen LogP contribution >= 0.6 is 0 Å². The predicted molar refractivity (Wildman–Crippen MR) is 41.9 cm³/mol. The summed E-state index contributed by atoms with van der Waals surface area (Å²) in [6.07, 6.45) is 1.87. The molecule has 9 heavy (non-hydrogen) atoms. The maximum atomic E-state index is 3.68. The zero-order valence-electron chi connectivity index (χ0n) is 5.00. The maximum absolute atomic E-state index is 3.68. The second kappa shape index (κ2) is 3.13. The van der Waals surface area contributed by atoms with Crippen molar-refractivity contribution in [1.29, 1.82) is 0 Å². The zero-order chi connectivity index (χ0) is 6.69. The van der Waals surface area contributed by atoms with E-state index in [-0.39, 0.29) is 0 Å². The first-order chi connectivity index (χ1) is 4.33. The van der Waals surface area contributed by atoms with Crippen LogP contribution in [-0.2, 0) is 0 Å². The third-order valence-electron chi connectivity index (χ3n) is 1.09. The molecule has 0 aliphatic carbocycles. The van der Waals surface area contributed by atoms with Crippen LogP contribution in [0.3, 0.4) is 0 Å². The molecule has 0 heterocycles. The van der Waals surface area contributed by atoms with Gasteiger partial charge in [0.25, 0.3) is 0 Å². The third-order valence-corrected chi connectivity index (χ3v) is 2.08. The number of hydrogen-bond acceptors (Lipinski definition) is 0. The minimum absolute atomic E-state index is 1.21. The van der Waals surface area contributed by atoms with Gasteiger partial charge < -0.3 is 0 Å². The molecule has 1 heteroatoms. The molecule has 0 amide bonds. The average Bonchev–Trinajstić information content (AvgIpc) is 1.88. The summed E-state index contributed by atoms with van der Waals surface area (Å²) in [7, 11) is 0. The Labute approximate surface area is 70.7 Å². The molecule has 45 valence electrons. The van der Waals surface area contributed by atoms with Crippen LogP contribution in [0, 0.1) is 0 Å². The summed E-state index contributed by atoms with van der Waals surface area (Å²) in [6, 6.07) is 8.36. The Morgan fingerprint density at radius 3 is 2.67 bits per heavy atom. The molecule has 1 rings (SSSR count). The van der Waals surface area contributed by atoms with Crippen LogP contribution in [-0.4, -0.2) is 25.1 Å². The summed E-state index contributed by atoms with van der Waals surface area (Å²) in [5.74, 6) is 0. The summed E-state index contributed by atoms with van der Waals surface area (Å²) >= 11 is 1.51. The van der Waals surface area contributed by atoms with E-state index in [9.17, 15) is 0 Å². The normalized spacial score (nSPS) is 8.89. The molecule has 0 nitrogen and oxygen atoms in total. The average molecular weight is 312 g/mol. The van der Waals surface area contributed by atoms with Gasteiger partial charge >= 0.3 is 70.8 Å². The van der Waals surface area contributed by atoms with Gasteiger partial charge in [0.1, 0.15) is 0 Å². The van der Waals surface area contributed by atoms with Gasteiger partial charge in [-0.25, -0.2) is 0 Å². The number of hydrogen-bond donors (Lipinski definition) is 0. The van der Waals surface area contributed by atoms with E-state index >= 15 is 0 Å². The minimum atomic E-state index is 1.21. The molecule has 0 fully saturated rings. The first-order valence-corrected chi connectivity index (χ1v) is 4.31. The van der Waals surface area contributed by atoms with Gasteiger partial charge in [0, 0.05) is 0 Å². The molecule has 0 aromatic heterocycles. The Morgan fingerprint density at radius 2 is 2.22 bits per heavy atom. The van der Waals surface area contributed by atoms with Crippen molar-refractivity contribution in [3.8, 4) is 0 Å². The Balaban J connectivity index is 3.07. The van der Waals surface area contributed by atoms with E-state index in [1.807, 2.05) is 6.08 Å². The third kappa shape index (κ3) is 1.92. The fourth-order valence-electron chi connectivity index (χ4n) is 0.642. The quantitative estimate of drug-likeness (QED) is 0.729. The van der Waals surface area contributed by atoms with E-state index in [1.165, 1.54) is 33.9 Å². The number of rotatable bonds is 1. The standard InChI is InChI=1S/C8H7.Po/c1-2-8-6-4-3-5-7-8;/h2-4,6-7H,1H2;. The molecule has 1 aromatic carbocycles. The van der Waals surface area contributed by atoms with Gasteiger partial charge in [0.2, 0.25) is 0 Å². The van der Waals surface area contributed by atoms with Crippen molar-refractivity contribution in [3.63, 3.8) is 0 Å². The summed E-state index contributed by atoms with van der Waals surface area (Å²) in [6.45, 7) is 3.68. The first-order valence-electron chi connectivity index (χ1n) is 2.72. The molecule has 0 bridgehead atoms. The molecule has 0 aliphatic heterocycles. The fourth-order valence-corrected chi connectivity index (χ4v) is 1.48. The first kappa shape index (κ1) is 6.97. The molecule has 0 aliphatic rings. The predicted octanol–water partition coefficient (Wildman–Crippen LogP) is 1.12. The summed E-state index contributed by atoms with van der Waals surface area (Å²) in [5.41, 5.74) is 1.21. The SMILES string of the molecule is C=Cc1ccc[c]([Po])c1. The topological polar surface area (TPSA) is 0 Å². The Hall–Kier alpha value is -0.144. The van der Waals surface area contributed by atoms with Gasteiger partial charge in [-0.1, -0.05) is 0 Å². The zero-order valence-corrected chi connectivity index (χ0v) is 8.18. The van der Waals surface area contributed by atoms with Crippen molar-refractivity contribution in [2.45, 2.75) is 0 Å². The Kier molecular flexibility index (Phi) is 2.43. The van der Waals surface area contributed by atoms with Crippen molar-refractivity contribution in [2.24, 2.45) is 0 Å². The second-order valence-corrected chi connectivity index (χ2v) is 3.61. The van der Waals surface area contributed by atoms with Crippen LogP contribution in [0.1, 0.15) is 5.56 Å². The monoisotopic (exact) mass is 312 g/mol. The molecule has 0 atom stereocenters. The molecule has 0 N–H and O–H groups in total. The van der Waals surface area contributed by atoms with Crippen molar-refractivity contribution in [1.82, 2.24) is 0 Å². The van der Waals surface area contributed by atoms with E-state index in [0.717, 1.165) is 0 Å². The molecule has 0 saturated carbocycles. The van der Waals surface area contributed by atoms with E-state index in [1.54, 1.807) is 0 Å². The van der Waals surface area contributed by atoms with Crippen molar-refractivity contribution >= 4 is 34.4 Å². The van der Waals surface area contributed by atoms with Crippen molar-refractivity contribution in [2.75, 3.05) is 0 Å². The van der Waals surface area contributed by atoms with Crippen LogP contribution in [0.4, 0.5) is 0 Å². The van der Waals surface area contributed by atoms with Crippen molar-refractivity contribution < 1.29 is 0 Å². The van der Waals surface area contributed by atoms with Gasteiger partial charge in [-0.05, 0) is 0 Å². The molecular formula is C8H7Po. The number of benzene rings is 1. The fraction of sp³-hybridized carbons (Fsp3) is 0.